The second kappa shape index (κ2) is 4.85. The van der Waals surface area contributed by atoms with Gasteiger partial charge in [0.2, 0.25) is 0 Å². The van der Waals surface area contributed by atoms with E-state index in [4.69, 9.17) is 11.6 Å². The topological polar surface area (TPSA) is 50.9 Å². The molecule has 0 fully saturated rings. The molecule has 5 heteroatoms. The van der Waals surface area contributed by atoms with Crippen LogP contribution >= 0.6 is 11.6 Å². The zero-order valence-electron chi connectivity index (χ0n) is 9.76. The van der Waals surface area contributed by atoms with Gasteiger partial charge >= 0.3 is 0 Å². The number of hydrogen-bond acceptors (Lipinski definition) is 3. The van der Waals surface area contributed by atoms with Crippen molar-refractivity contribution in [2.24, 2.45) is 7.05 Å². The first-order chi connectivity index (χ1) is 8.09. The Hall–Kier alpha value is -1.39. The van der Waals surface area contributed by atoms with Crippen LogP contribution in [0.4, 0.5) is 0 Å². The molecule has 0 aromatic carbocycles. The smallest absolute Gasteiger partial charge is 0.130 e. The Kier molecular flexibility index (Phi) is 3.45. The van der Waals surface area contributed by atoms with Gasteiger partial charge in [-0.1, -0.05) is 17.7 Å². The van der Waals surface area contributed by atoms with Gasteiger partial charge in [-0.2, -0.15) is 5.10 Å². The number of nitrogens with zero attached hydrogens (tertiary/aromatic N) is 3. The lowest BCUT2D eigenvalue weighted by Crippen LogP contribution is -2.03. The van der Waals surface area contributed by atoms with E-state index in [1.165, 1.54) is 0 Å². The van der Waals surface area contributed by atoms with Gasteiger partial charge in [0.05, 0.1) is 11.8 Å². The molecule has 0 aliphatic heterocycles. The maximum Gasteiger partial charge on any atom is 0.130 e. The molecule has 1 N–H and O–H groups in total. The van der Waals surface area contributed by atoms with Crippen LogP contribution < -0.4 is 0 Å². The molecule has 0 spiro atoms. The molecule has 2 rings (SSSR count). The van der Waals surface area contributed by atoms with E-state index < -0.39 is 6.10 Å². The molecule has 0 aliphatic carbocycles. The van der Waals surface area contributed by atoms with Gasteiger partial charge in [-0.3, -0.25) is 9.67 Å². The highest BCUT2D eigenvalue weighted by Gasteiger charge is 2.16. The van der Waals surface area contributed by atoms with Crippen molar-refractivity contribution in [2.75, 3.05) is 0 Å². The summed E-state index contributed by atoms with van der Waals surface area (Å²) < 4.78 is 1.61. The van der Waals surface area contributed by atoms with Crippen LogP contribution in [0.5, 0.6) is 0 Å². The van der Waals surface area contributed by atoms with E-state index in [0.29, 0.717) is 11.6 Å². The van der Waals surface area contributed by atoms with Gasteiger partial charge in [0, 0.05) is 31.4 Å². The van der Waals surface area contributed by atoms with E-state index >= 15 is 0 Å². The van der Waals surface area contributed by atoms with Crippen LogP contribution in [0.15, 0.2) is 24.5 Å². The molecule has 1 unspecified atom stereocenters. The molecule has 0 radical (unpaired) electrons. The van der Waals surface area contributed by atoms with Crippen molar-refractivity contribution in [3.63, 3.8) is 0 Å². The third-order valence-electron chi connectivity index (χ3n) is 2.74. The molecule has 2 aromatic heterocycles. The van der Waals surface area contributed by atoms with Crippen molar-refractivity contribution in [3.05, 3.63) is 46.5 Å². The summed E-state index contributed by atoms with van der Waals surface area (Å²) in [6.07, 6.45) is 3.18. The Morgan fingerprint density at radius 1 is 1.53 bits per heavy atom. The average Bonchev–Trinajstić information content (AvgIpc) is 2.57. The molecular formula is C12H14ClN3O. The lowest BCUT2D eigenvalue weighted by Gasteiger charge is -2.10. The molecule has 2 heterocycles. The van der Waals surface area contributed by atoms with Gasteiger partial charge in [0.25, 0.3) is 0 Å². The van der Waals surface area contributed by atoms with Gasteiger partial charge in [0.15, 0.2) is 0 Å². The fourth-order valence-electron chi connectivity index (χ4n) is 1.79. The molecule has 4 nitrogen and oxygen atoms in total. The van der Waals surface area contributed by atoms with Crippen molar-refractivity contribution < 1.29 is 5.11 Å². The van der Waals surface area contributed by atoms with Crippen molar-refractivity contribution in [1.82, 2.24) is 14.8 Å². The Morgan fingerprint density at radius 3 is 2.82 bits per heavy atom. The van der Waals surface area contributed by atoms with Gasteiger partial charge < -0.3 is 5.11 Å². The molecular weight excluding hydrogens is 238 g/mol. The van der Waals surface area contributed by atoms with Crippen LogP contribution in [0, 0.1) is 6.92 Å². The van der Waals surface area contributed by atoms with Gasteiger partial charge in [0.1, 0.15) is 5.15 Å². The van der Waals surface area contributed by atoms with Crippen LogP contribution in [0.2, 0.25) is 5.15 Å². The van der Waals surface area contributed by atoms with Crippen LogP contribution in [-0.2, 0) is 13.5 Å². The molecule has 1 atom stereocenters. The Balaban J connectivity index is 2.22. The lowest BCUT2D eigenvalue weighted by molar-refractivity contribution is 0.178. The first kappa shape index (κ1) is 12.1. The van der Waals surface area contributed by atoms with E-state index in [1.807, 2.05) is 13.0 Å². The fourth-order valence-corrected chi connectivity index (χ4v) is 2.04. The number of aliphatic hydroxyl groups is 1. The lowest BCUT2D eigenvalue weighted by atomic mass is 10.0. The van der Waals surface area contributed by atoms with Crippen molar-refractivity contribution >= 4 is 11.6 Å². The second-order valence-corrected chi connectivity index (χ2v) is 4.34. The van der Waals surface area contributed by atoms with Crippen LogP contribution in [0.25, 0.3) is 0 Å². The predicted molar refractivity (Wildman–Crippen MR) is 65.9 cm³/mol. The Morgan fingerprint density at radius 2 is 2.29 bits per heavy atom. The summed E-state index contributed by atoms with van der Waals surface area (Å²) in [5.74, 6) is 0. The van der Waals surface area contributed by atoms with Crippen LogP contribution in [0.3, 0.4) is 0 Å². The zero-order valence-corrected chi connectivity index (χ0v) is 10.5. The van der Waals surface area contributed by atoms with E-state index in [1.54, 1.807) is 30.2 Å². The maximum absolute atomic E-state index is 10.1. The SMILES string of the molecule is Cc1nn(C)c(Cl)c1CC(O)c1cccnc1. The first-order valence-corrected chi connectivity index (χ1v) is 5.73. The normalized spacial score (nSPS) is 12.7. The average molecular weight is 252 g/mol. The first-order valence-electron chi connectivity index (χ1n) is 5.35. The van der Waals surface area contributed by atoms with E-state index in [2.05, 4.69) is 10.1 Å². The summed E-state index contributed by atoms with van der Waals surface area (Å²) in [4.78, 5) is 3.98. The minimum absolute atomic E-state index is 0.449. The molecule has 0 bridgehead atoms. The molecule has 2 aromatic rings. The standard InChI is InChI=1S/C12H14ClN3O/c1-8-10(12(13)16(2)15-8)6-11(17)9-4-3-5-14-7-9/h3-5,7,11,17H,6H2,1-2H3. The summed E-state index contributed by atoms with van der Waals surface area (Å²) in [5, 5.41) is 14.9. The second-order valence-electron chi connectivity index (χ2n) is 3.98. The number of pyridine rings is 1. The molecule has 0 saturated carbocycles. The number of halogens is 1. The number of hydrogen-bond donors (Lipinski definition) is 1. The maximum atomic E-state index is 10.1. The fraction of sp³-hybridized carbons (Fsp3) is 0.333. The zero-order chi connectivity index (χ0) is 12.4. The summed E-state index contributed by atoms with van der Waals surface area (Å²) in [7, 11) is 1.79. The van der Waals surface area contributed by atoms with Gasteiger partial charge in [-0.15, -0.1) is 0 Å². The van der Waals surface area contributed by atoms with Crippen LogP contribution in [0.1, 0.15) is 22.9 Å². The minimum atomic E-state index is -0.607. The number of aliphatic hydroxyl groups excluding tert-OH is 1. The Bertz CT molecular complexity index is 510. The Labute approximate surface area is 105 Å². The largest absolute Gasteiger partial charge is 0.388 e. The van der Waals surface area contributed by atoms with Gasteiger partial charge in [-0.25, -0.2) is 0 Å². The highest BCUT2D eigenvalue weighted by Crippen LogP contribution is 2.25. The third kappa shape index (κ3) is 2.48. The van der Waals surface area contributed by atoms with Crippen molar-refractivity contribution in [1.29, 1.82) is 0 Å². The number of aromatic nitrogens is 3. The number of rotatable bonds is 3. The predicted octanol–water partition coefficient (Wildman–Crippen LogP) is 2.05. The molecule has 0 saturated heterocycles. The molecule has 90 valence electrons. The number of aryl methyl sites for hydroxylation is 2. The highest BCUT2D eigenvalue weighted by atomic mass is 35.5. The molecule has 17 heavy (non-hydrogen) atoms. The minimum Gasteiger partial charge on any atom is -0.388 e. The van der Waals surface area contributed by atoms with Crippen molar-refractivity contribution in [2.45, 2.75) is 19.4 Å². The monoisotopic (exact) mass is 251 g/mol. The van der Waals surface area contributed by atoms with E-state index in [-0.39, 0.29) is 0 Å². The summed E-state index contributed by atoms with van der Waals surface area (Å²) in [6, 6.07) is 3.65. The quantitative estimate of drug-likeness (QED) is 0.908. The van der Waals surface area contributed by atoms with E-state index in [9.17, 15) is 5.11 Å². The van der Waals surface area contributed by atoms with Crippen molar-refractivity contribution in [3.8, 4) is 0 Å². The third-order valence-corrected chi connectivity index (χ3v) is 3.21. The summed E-state index contributed by atoms with van der Waals surface area (Å²) >= 11 is 6.12. The molecule has 0 amide bonds. The molecule has 0 aliphatic rings. The summed E-state index contributed by atoms with van der Waals surface area (Å²) in [5.41, 5.74) is 2.51. The van der Waals surface area contributed by atoms with Gasteiger partial charge in [-0.05, 0) is 18.6 Å². The summed E-state index contributed by atoms with van der Waals surface area (Å²) in [6.45, 7) is 1.89. The van der Waals surface area contributed by atoms with Crippen LogP contribution in [-0.4, -0.2) is 19.9 Å². The highest BCUT2D eigenvalue weighted by molar-refractivity contribution is 6.30. The van der Waals surface area contributed by atoms with E-state index in [0.717, 1.165) is 16.8 Å².